The maximum Gasteiger partial charge on any atom is 0.254 e. The van der Waals surface area contributed by atoms with Crippen LogP contribution in [0.15, 0.2) is 24.3 Å². The molecule has 1 amide bonds. The molecule has 4 nitrogen and oxygen atoms in total. The predicted molar refractivity (Wildman–Crippen MR) is 82.0 cm³/mol. The number of ether oxygens (including phenoxy) is 1. The van der Waals surface area contributed by atoms with Crippen LogP contribution in [0.5, 0.6) is 0 Å². The van der Waals surface area contributed by atoms with E-state index >= 15 is 0 Å². The highest BCUT2D eigenvalue weighted by Crippen LogP contribution is 2.25. The molecule has 0 saturated carbocycles. The summed E-state index contributed by atoms with van der Waals surface area (Å²) in [5, 5.41) is 3.22. The molecule has 0 spiro atoms. The monoisotopic (exact) mass is 316 g/mol. The Hall–Kier alpha value is -1.17. The number of rotatable bonds is 4. The second kappa shape index (κ2) is 7.73. The predicted octanol–water partition coefficient (Wildman–Crippen LogP) is 1.97. The Labute approximate surface area is 131 Å². The summed E-state index contributed by atoms with van der Waals surface area (Å²) < 4.78 is 18.7. The van der Waals surface area contributed by atoms with Crippen molar-refractivity contribution in [3.05, 3.63) is 35.6 Å². The summed E-state index contributed by atoms with van der Waals surface area (Å²) in [4.78, 5) is 14.2. The van der Waals surface area contributed by atoms with Gasteiger partial charge in [0.15, 0.2) is 0 Å². The fraction of sp³-hybridized carbons (Fsp3) is 0.533. The zero-order chi connectivity index (χ0) is 14.6. The summed E-state index contributed by atoms with van der Waals surface area (Å²) in [5.74, 6) is -0.322. The van der Waals surface area contributed by atoms with Gasteiger partial charge in [-0.3, -0.25) is 4.79 Å². The molecule has 1 heterocycles. The number of piperidine rings is 1. The van der Waals surface area contributed by atoms with E-state index in [1.165, 1.54) is 12.1 Å². The lowest BCUT2D eigenvalue weighted by Gasteiger charge is -2.37. The van der Waals surface area contributed by atoms with E-state index in [1.807, 2.05) is 6.07 Å². The Morgan fingerprint density at radius 3 is 2.67 bits per heavy atom. The number of carbonyl (C=O) groups is 1. The Bertz CT molecular complexity index is 478. The van der Waals surface area contributed by atoms with Gasteiger partial charge >= 0.3 is 0 Å². The quantitative estimate of drug-likeness (QED) is 0.923. The second-order valence-corrected chi connectivity index (χ2v) is 5.24. The first kappa shape index (κ1) is 17.9. The minimum Gasteiger partial charge on any atom is -0.368 e. The first-order valence-corrected chi connectivity index (χ1v) is 6.83. The number of likely N-dealkylation sites (N-methyl/N-ethyl adjacent to an activating group) is 1. The van der Waals surface area contributed by atoms with Crippen LogP contribution in [0.25, 0.3) is 0 Å². The molecule has 1 fully saturated rings. The van der Waals surface area contributed by atoms with Crippen LogP contribution in [0, 0.1) is 5.82 Å². The van der Waals surface area contributed by atoms with Gasteiger partial charge in [-0.2, -0.15) is 0 Å². The average molecular weight is 317 g/mol. The van der Waals surface area contributed by atoms with E-state index in [0.29, 0.717) is 19.4 Å². The van der Waals surface area contributed by atoms with Crippen LogP contribution in [0.3, 0.4) is 0 Å². The van der Waals surface area contributed by atoms with Gasteiger partial charge in [-0.25, -0.2) is 4.39 Å². The number of nitrogens with zero attached hydrogens (tertiary/aromatic N) is 1. The number of amides is 1. The van der Waals surface area contributed by atoms with E-state index in [4.69, 9.17) is 4.74 Å². The molecule has 1 aromatic carbocycles. The van der Waals surface area contributed by atoms with E-state index in [0.717, 1.165) is 18.7 Å². The van der Waals surface area contributed by atoms with Crippen LogP contribution in [-0.4, -0.2) is 43.7 Å². The summed E-state index contributed by atoms with van der Waals surface area (Å²) >= 11 is 0. The molecule has 6 heteroatoms. The zero-order valence-electron chi connectivity index (χ0n) is 12.4. The fourth-order valence-corrected chi connectivity index (χ4v) is 2.66. The van der Waals surface area contributed by atoms with Gasteiger partial charge in [-0.1, -0.05) is 12.1 Å². The van der Waals surface area contributed by atoms with Crippen LogP contribution >= 0.6 is 12.4 Å². The van der Waals surface area contributed by atoms with Crippen molar-refractivity contribution in [1.82, 2.24) is 10.2 Å². The highest BCUT2D eigenvalue weighted by Gasteiger charge is 2.41. The molecular formula is C15H22ClFN2O2. The SMILES string of the molecule is COC1(C(=O)N(C)Cc2cccc(F)c2)CCNCC1.Cl. The third-order valence-electron chi connectivity index (χ3n) is 3.85. The molecule has 0 unspecified atom stereocenters. The van der Waals surface area contributed by atoms with Crippen molar-refractivity contribution in [1.29, 1.82) is 0 Å². The highest BCUT2D eigenvalue weighted by atomic mass is 35.5. The largest absolute Gasteiger partial charge is 0.368 e. The van der Waals surface area contributed by atoms with E-state index in [2.05, 4.69) is 5.32 Å². The average Bonchev–Trinajstić information content (AvgIpc) is 2.47. The van der Waals surface area contributed by atoms with E-state index in [9.17, 15) is 9.18 Å². The van der Waals surface area contributed by atoms with Gasteiger partial charge in [0.05, 0.1) is 0 Å². The molecule has 1 aromatic rings. The summed E-state index contributed by atoms with van der Waals surface area (Å²) in [7, 11) is 3.31. The van der Waals surface area contributed by atoms with Gasteiger partial charge in [0.1, 0.15) is 11.4 Å². The molecule has 0 aromatic heterocycles. The van der Waals surface area contributed by atoms with Gasteiger partial charge in [0.25, 0.3) is 5.91 Å². The highest BCUT2D eigenvalue weighted by molar-refractivity contribution is 5.85. The van der Waals surface area contributed by atoms with Gasteiger partial charge < -0.3 is 15.0 Å². The number of hydrogen-bond acceptors (Lipinski definition) is 3. The maximum absolute atomic E-state index is 13.2. The van der Waals surface area contributed by atoms with Crippen molar-refractivity contribution in [2.75, 3.05) is 27.2 Å². The lowest BCUT2D eigenvalue weighted by atomic mass is 9.90. The van der Waals surface area contributed by atoms with Gasteiger partial charge in [-0.15, -0.1) is 12.4 Å². The Kier molecular flexibility index (Phi) is 6.58. The number of carbonyl (C=O) groups excluding carboxylic acids is 1. The van der Waals surface area contributed by atoms with E-state index < -0.39 is 5.60 Å². The second-order valence-electron chi connectivity index (χ2n) is 5.24. The molecule has 1 aliphatic rings. The number of nitrogens with one attached hydrogen (secondary N) is 1. The first-order chi connectivity index (χ1) is 9.57. The smallest absolute Gasteiger partial charge is 0.254 e. The van der Waals surface area contributed by atoms with Crippen LogP contribution in [-0.2, 0) is 16.1 Å². The fourth-order valence-electron chi connectivity index (χ4n) is 2.66. The zero-order valence-corrected chi connectivity index (χ0v) is 13.2. The number of methoxy groups -OCH3 is 1. The molecule has 1 saturated heterocycles. The third kappa shape index (κ3) is 4.15. The van der Waals surface area contributed by atoms with Gasteiger partial charge in [0.2, 0.25) is 0 Å². The van der Waals surface area contributed by atoms with Crippen molar-refractivity contribution < 1.29 is 13.9 Å². The molecule has 0 aliphatic carbocycles. The van der Waals surface area contributed by atoms with Crippen molar-refractivity contribution in [3.63, 3.8) is 0 Å². The van der Waals surface area contributed by atoms with Crippen LogP contribution in [0.4, 0.5) is 4.39 Å². The number of benzene rings is 1. The summed E-state index contributed by atoms with van der Waals surface area (Å²) in [6, 6.07) is 6.31. The molecule has 0 bridgehead atoms. The molecule has 1 aliphatic heterocycles. The lowest BCUT2D eigenvalue weighted by molar-refractivity contribution is -0.157. The number of hydrogen-bond donors (Lipinski definition) is 1. The molecule has 2 rings (SSSR count). The normalized spacial score (nSPS) is 16.9. The minimum atomic E-state index is -0.743. The Morgan fingerprint density at radius 2 is 2.10 bits per heavy atom. The number of halogens is 2. The van der Waals surface area contributed by atoms with Crippen molar-refractivity contribution in [2.24, 2.45) is 0 Å². The van der Waals surface area contributed by atoms with Crippen LogP contribution in [0.1, 0.15) is 18.4 Å². The third-order valence-corrected chi connectivity index (χ3v) is 3.85. The van der Waals surface area contributed by atoms with Crippen molar-refractivity contribution in [2.45, 2.75) is 25.0 Å². The van der Waals surface area contributed by atoms with Crippen LogP contribution < -0.4 is 5.32 Å². The van der Waals surface area contributed by atoms with Crippen molar-refractivity contribution in [3.8, 4) is 0 Å². The molecule has 1 N–H and O–H groups in total. The molecule has 118 valence electrons. The molecular weight excluding hydrogens is 295 g/mol. The molecule has 21 heavy (non-hydrogen) atoms. The topological polar surface area (TPSA) is 41.6 Å². The van der Waals surface area contributed by atoms with E-state index in [1.54, 1.807) is 25.1 Å². The molecule has 0 atom stereocenters. The minimum absolute atomic E-state index is 0. The summed E-state index contributed by atoms with van der Waals surface area (Å²) in [5.41, 5.74) is 0.0360. The first-order valence-electron chi connectivity index (χ1n) is 6.83. The summed E-state index contributed by atoms with van der Waals surface area (Å²) in [6.07, 6.45) is 1.33. The maximum atomic E-state index is 13.2. The molecule has 0 radical (unpaired) electrons. The standard InChI is InChI=1S/C15H21FN2O2.ClH/c1-18(11-12-4-3-5-13(16)10-12)14(19)15(20-2)6-8-17-9-7-15;/h3-5,10,17H,6-9,11H2,1-2H3;1H. The van der Waals surface area contributed by atoms with Gasteiger partial charge in [-0.05, 0) is 43.6 Å². The van der Waals surface area contributed by atoms with Crippen LogP contribution in [0.2, 0.25) is 0 Å². The van der Waals surface area contributed by atoms with Crippen molar-refractivity contribution >= 4 is 18.3 Å². The Balaban J connectivity index is 0.00000220. The van der Waals surface area contributed by atoms with E-state index in [-0.39, 0.29) is 24.1 Å². The van der Waals surface area contributed by atoms with Gasteiger partial charge in [0, 0.05) is 20.7 Å². The Morgan fingerprint density at radius 1 is 1.43 bits per heavy atom. The summed E-state index contributed by atoms with van der Waals surface area (Å²) in [6.45, 7) is 1.93. The lowest BCUT2D eigenvalue weighted by Crippen LogP contribution is -2.54.